The zero-order chi connectivity index (χ0) is 17.7. The summed E-state index contributed by atoms with van der Waals surface area (Å²) in [4.78, 5) is 22.8. The monoisotopic (exact) mass is 351 g/mol. The van der Waals surface area contributed by atoms with Crippen molar-refractivity contribution in [2.24, 2.45) is 5.92 Å². The fraction of sp³-hybridized carbons (Fsp3) is 0.412. The molecule has 0 unspecified atom stereocenters. The zero-order valence-electron chi connectivity index (χ0n) is 13.6. The van der Waals surface area contributed by atoms with Crippen molar-refractivity contribution in [3.8, 4) is 11.3 Å². The number of furan rings is 1. The molecule has 0 saturated heterocycles. The Kier molecular flexibility index (Phi) is 6.16. The van der Waals surface area contributed by atoms with Crippen molar-refractivity contribution in [1.82, 2.24) is 5.32 Å². The van der Waals surface area contributed by atoms with Crippen LogP contribution >= 0.6 is 11.3 Å². The lowest BCUT2D eigenvalue weighted by molar-refractivity contribution is -0.143. The first kappa shape index (κ1) is 18.2. The fourth-order valence-electron chi connectivity index (χ4n) is 2.42. The molecule has 2 rings (SSSR count). The number of hydrogen-bond acceptors (Lipinski definition) is 5. The quantitative estimate of drug-likeness (QED) is 0.642. The van der Waals surface area contributed by atoms with Crippen LogP contribution in [0.5, 0.6) is 0 Å². The Morgan fingerprint density at radius 2 is 1.88 bits per heavy atom. The van der Waals surface area contributed by atoms with Crippen molar-refractivity contribution >= 4 is 23.3 Å². The highest BCUT2D eigenvalue weighted by molar-refractivity contribution is 7.08. The van der Waals surface area contributed by atoms with Crippen molar-refractivity contribution in [3.05, 3.63) is 34.7 Å². The van der Waals surface area contributed by atoms with E-state index in [9.17, 15) is 19.8 Å². The summed E-state index contributed by atoms with van der Waals surface area (Å²) in [7, 11) is 0. The average Bonchev–Trinajstić information content (AvgIpc) is 3.15. The number of carboxylic acids is 2. The number of aliphatic carboxylic acids is 2. The summed E-state index contributed by atoms with van der Waals surface area (Å²) in [5.41, 5.74) is 0.939. The summed E-state index contributed by atoms with van der Waals surface area (Å²) in [6, 6.07) is 3.51. The van der Waals surface area contributed by atoms with Gasteiger partial charge in [0.1, 0.15) is 23.6 Å². The fourth-order valence-corrected chi connectivity index (χ4v) is 3.07. The summed E-state index contributed by atoms with van der Waals surface area (Å²) in [5.74, 6) is -0.828. The van der Waals surface area contributed by atoms with E-state index in [1.807, 2.05) is 30.7 Å². The van der Waals surface area contributed by atoms with Crippen LogP contribution in [0.1, 0.15) is 26.0 Å². The molecule has 0 aromatic carbocycles. The molecule has 3 N–H and O–H groups in total. The molecule has 0 fully saturated rings. The normalized spacial score (nSPS) is 13.8. The molecule has 0 aliphatic rings. The van der Waals surface area contributed by atoms with Gasteiger partial charge in [-0.15, -0.1) is 0 Å². The molecule has 130 valence electrons. The Hall–Kier alpha value is -2.12. The van der Waals surface area contributed by atoms with Gasteiger partial charge in [0, 0.05) is 17.4 Å². The molecule has 0 aliphatic carbocycles. The summed E-state index contributed by atoms with van der Waals surface area (Å²) < 4.78 is 5.69. The maximum atomic E-state index is 11.5. The average molecular weight is 351 g/mol. The first-order chi connectivity index (χ1) is 11.4. The van der Waals surface area contributed by atoms with Crippen LogP contribution in [-0.2, 0) is 16.0 Å². The second-order valence-electron chi connectivity index (χ2n) is 6.06. The molecule has 2 aromatic heterocycles. The highest BCUT2D eigenvalue weighted by atomic mass is 32.1. The van der Waals surface area contributed by atoms with Gasteiger partial charge in [0.05, 0.1) is 0 Å². The highest BCUT2D eigenvalue weighted by Gasteiger charge is 2.27. The third kappa shape index (κ3) is 4.94. The van der Waals surface area contributed by atoms with E-state index >= 15 is 0 Å². The molecule has 0 radical (unpaired) electrons. The molecule has 2 aromatic rings. The third-order valence-electron chi connectivity index (χ3n) is 3.58. The molecule has 0 amide bonds. The SMILES string of the molecule is CC(C)C[C@H](N[C@@H](Cc1ccc(-c2ccsc2)o1)C(=O)O)C(=O)O. The molecule has 7 heteroatoms. The van der Waals surface area contributed by atoms with E-state index in [0.717, 1.165) is 5.56 Å². The lowest BCUT2D eigenvalue weighted by Gasteiger charge is -2.21. The highest BCUT2D eigenvalue weighted by Crippen LogP contribution is 2.25. The van der Waals surface area contributed by atoms with Gasteiger partial charge >= 0.3 is 11.9 Å². The van der Waals surface area contributed by atoms with Gasteiger partial charge in [-0.3, -0.25) is 14.9 Å². The number of rotatable bonds is 9. The second-order valence-corrected chi connectivity index (χ2v) is 6.84. The summed E-state index contributed by atoms with van der Waals surface area (Å²) >= 11 is 1.55. The van der Waals surface area contributed by atoms with E-state index in [-0.39, 0.29) is 12.3 Å². The van der Waals surface area contributed by atoms with Crippen molar-refractivity contribution in [2.75, 3.05) is 0 Å². The van der Waals surface area contributed by atoms with E-state index in [2.05, 4.69) is 5.32 Å². The van der Waals surface area contributed by atoms with Crippen molar-refractivity contribution in [3.63, 3.8) is 0 Å². The summed E-state index contributed by atoms with van der Waals surface area (Å²) in [5, 5.41) is 25.3. The zero-order valence-corrected chi connectivity index (χ0v) is 14.4. The van der Waals surface area contributed by atoms with Gasteiger partial charge in [0.15, 0.2) is 0 Å². The second kappa shape index (κ2) is 8.12. The molecular weight excluding hydrogens is 330 g/mol. The summed E-state index contributed by atoms with van der Waals surface area (Å²) in [6.07, 6.45) is 0.443. The van der Waals surface area contributed by atoms with Crippen LogP contribution in [0.4, 0.5) is 0 Å². The maximum Gasteiger partial charge on any atom is 0.321 e. The van der Waals surface area contributed by atoms with Crippen LogP contribution in [0.2, 0.25) is 0 Å². The van der Waals surface area contributed by atoms with Crippen LogP contribution in [0.25, 0.3) is 11.3 Å². The van der Waals surface area contributed by atoms with E-state index < -0.39 is 24.0 Å². The van der Waals surface area contributed by atoms with Crippen LogP contribution in [0.3, 0.4) is 0 Å². The molecule has 0 spiro atoms. The van der Waals surface area contributed by atoms with Crippen molar-refractivity contribution < 1.29 is 24.2 Å². The van der Waals surface area contributed by atoms with Crippen LogP contribution < -0.4 is 5.32 Å². The Morgan fingerprint density at radius 1 is 1.17 bits per heavy atom. The lowest BCUT2D eigenvalue weighted by atomic mass is 10.0. The smallest absolute Gasteiger partial charge is 0.321 e. The third-order valence-corrected chi connectivity index (χ3v) is 4.26. The van der Waals surface area contributed by atoms with E-state index in [0.29, 0.717) is 17.9 Å². The first-order valence-corrected chi connectivity index (χ1v) is 8.64. The Morgan fingerprint density at radius 3 is 2.42 bits per heavy atom. The number of thiophene rings is 1. The van der Waals surface area contributed by atoms with Gasteiger partial charge in [-0.1, -0.05) is 13.8 Å². The minimum absolute atomic E-state index is 0.0847. The number of nitrogens with one attached hydrogen (secondary N) is 1. The maximum absolute atomic E-state index is 11.5. The summed E-state index contributed by atoms with van der Waals surface area (Å²) in [6.45, 7) is 3.79. The van der Waals surface area contributed by atoms with Gasteiger partial charge in [-0.2, -0.15) is 11.3 Å². The van der Waals surface area contributed by atoms with Gasteiger partial charge in [-0.25, -0.2) is 0 Å². The molecule has 0 saturated carbocycles. The van der Waals surface area contributed by atoms with Gasteiger partial charge in [0.25, 0.3) is 0 Å². The Balaban J connectivity index is 2.08. The molecule has 24 heavy (non-hydrogen) atoms. The molecule has 0 aliphatic heterocycles. The number of hydrogen-bond donors (Lipinski definition) is 3. The largest absolute Gasteiger partial charge is 0.480 e. The minimum atomic E-state index is -1.10. The molecule has 2 heterocycles. The van der Waals surface area contributed by atoms with E-state index in [1.165, 1.54) is 0 Å². The van der Waals surface area contributed by atoms with Gasteiger partial charge < -0.3 is 14.6 Å². The number of carboxylic acid groups (broad SMARTS) is 2. The van der Waals surface area contributed by atoms with Crippen LogP contribution in [0, 0.1) is 5.92 Å². The predicted molar refractivity (Wildman–Crippen MR) is 91.2 cm³/mol. The van der Waals surface area contributed by atoms with E-state index in [4.69, 9.17) is 4.42 Å². The van der Waals surface area contributed by atoms with Crippen molar-refractivity contribution in [2.45, 2.75) is 38.8 Å². The standard InChI is InChI=1S/C17H21NO5S/c1-10(2)7-13(16(19)20)18-14(17(21)22)8-12-3-4-15(23-12)11-5-6-24-9-11/h3-6,9-10,13-14,18H,7-8H2,1-2H3,(H,19,20)(H,21,22)/t13-,14-/m0/s1. The Labute approximate surface area is 144 Å². The van der Waals surface area contributed by atoms with Crippen LogP contribution in [0.15, 0.2) is 33.4 Å². The molecular formula is C17H21NO5S. The van der Waals surface area contributed by atoms with Crippen molar-refractivity contribution in [1.29, 1.82) is 0 Å². The minimum Gasteiger partial charge on any atom is -0.480 e. The topological polar surface area (TPSA) is 99.8 Å². The number of carbonyl (C=O) groups is 2. The predicted octanol–water partition coefficient (Wildman–Crippen LogP) is 3.09. The van der Waals surface area contributed by atoms with E-state index in [1.54, 1.807) is 23.5 Å². The Bertz CT molecular complexity index is 677. The lowest BCUT2D eigenvalue weighted by Crippen LogP contribution is -2.48. The molecule has 0 bridgehead atoms. The first-order valence-electron chi connectivity index (χ1n) is 7.69. The van der Waals surface area contributed by atoms with Gasteiger partial charge in [0.2, 0.25) is 0 Å². The molecule has 2 atom stereocenters. The van der Waals surface area contributed by atoms with Gasteiger partial charge in [-0.05, 0) is 35.9 Å². The van der Waals surface area contributed by atoms with Crippen LogP contribution in [-0.4, -0.2) is 34.2 Å². The molecule has 6 nitrogen and oxygen atoms in total.